The first-order chi connectivity index (χ1) is 6.06. The molecule has 2 nitrogen and oxygen atoms in total. The molecule has 0 aromatic heterocycles. The fourth-order valence-corrected chi connectivity index (χ4v) is 2.26. The van der Waals surface area contributed by atoms with E-state index in [1.165, 1.54) is 19.3 Å². The lowest BCUT2D eigenvalue weighted by atomic mass is 9.87. The largest absolute Gasteiger partial charge is 0.396 e. The van der Waals surface area contributed by atoms with Crippen molar-refractivity contribution in [2.24, 2.45) is 5.41 Å². The number of nitrogens with one attached hydrogen (secondary N) is 1. The van der Waals surface area contributed by atoms with Gasteiger partial charge in [-0.3, -0.25) is 0 Å². The summed E-state index contributed by atoms with van der Waals surface area (Å²) in [5.41, 5.74) is 0.448. The van der Waals surface area contributed by atoms with E-state index in [1.54, 1.807) is 0 Å². The highest BCUT2D eigenvalue weighted by molar-refractivity contribution is 4.91. The molecule has 0 aromatic carbocycles. The molecule has 0 aromatic rings. The lowest BCUT2D eigenvalue weighted by molar-refractivity contribution is 0.229. The molecule has 2 heteroatoms. The van der Waals surface area contributed by atoms with Crippen LogP contribution in [0.2, 0.25) is 0 Å². The van der Waals surface area contributed by atoms with E-state index in [-0.39, 0.29) is 0 Å². The maximum atomic E-state index is 8.80. The number of rotatable bonds is 4. The first-order valence-corrected chi connectivity index (χ1v) is 5.43. The van der Waals surface area contributed by atoms with E-state index in [4.69, 9.17) is 5.11 Å². The van der Waals surface area contributed by atoms with E-state index in [2.05, 4.69) is 26.1 Å². The minimum Gasteiger partial charge on any atom is -0.396 e. The van der Waals surface area contributed by atoms with Crippen LogP contribution in [-0.4, -0.2) is 23.8 Å². The third kappa shape index (κ3) is 2.96. The predicted octanol–water partition coefficient (Wildman–Crippen LogP) is 1.93. The van der Waals surface area contributed by atoms with Gasteiger partial charge in [-0.1, -0.05) is 20.3 Å². The zero-order valence-corrected chi connectivity index (χ0v) is 9.14. The van der Waals surface area contributed by atoms with Gasteiger partial charge in [-0.05, 0) is 31.6 Å². The maximum absolute atomic E-state index is 8.80. The maximum Gasteiger partial charge on any atom is 0.0445 e. The first-order valence-electron chi connectivity index (χ1n) is 5.43. The van der Waals surface area contributed by atoms with Gasteiger partial charge in [-0.2, -0.15) is 0 Å². The van der Waals surface area contributed by atoms with Gasteiger partial charge in [-0.25, -0.2) is 0 Å². The molecule has 1 aliphatic carbocycles. The Hall–Kier alpha value is -0.0800. The van der Waals surface area contributed by atoms with Gasteiger partial charge in [0.15, 0.2) is 0 Å². The third-order valence-corrected chi connectivity index (χ3v) is 3.31. The van der Waals surface area contributed by atoms with Gasteiger partial charge in [0, 0.05) is 18.7 Å². The van der Waals surface area contributed by atoms with Gasteiger partial charge < -0.3 is 10.4 Å². The fraction of sp³-hybridized carbons (Fsp3) is 1.00. The molecule has 1 fully saturated rings. The van der Waals surface area contributed by atoms with Crippen LogP contribution in [0, 0.1) is 5.41 Å². The van der Waals surface area contributed by atoms with E-state index in [0.717, 1.165) is 6.42 Å². The second kappa shape index (κ2) is 4.43. The predicted molar refractivity (Wildman–Crippen MR) is 55.7 cm³/mol. The molecule has 1 rings (SSSR count). The molecule has 0 bridgehead atoms. The van der Waals surface area contributed by atoms with Crippen molar-refractivity contribution >= 4 is 0 Å². The molecular weight excluding hydrogens is 162 g/mol. The Bertz CT molecular complexity index is 156. The lowest BCUT2D eigenvalue weighted by Gasteiger charge is -2.30. The Morgan fingerprint density at radius 3 is 2.69 bits per heavy atom. The standard InChI is InChI=1S/C11H23NO/c1-9(6-8-13)12-10-5-4-7-11(10,2)3/h9-10,12-13H,4-8H2,1-3H3/t9-,10?/m1/s1. The summed E-state index contributed by atoms with van der Waals surface area (Å²) in [6, 6.07) is 1.10. The highest BCUT2D eigenvalue weighted by Crippen LogP contribution is 2.37. The first kappa shape index (κ1) is 11.0. The van der Waals surface area contributed by atoms with Gasteiger partial charge in [0.25, 0.3) is 0 Å². The van der Waals surface area contributed by atoms with Gasteiger partial charge in [0.2, 0.25) is 0 Å². The van der Waals surface area contributed by atoms with E-state index in [1.807, 2.05) is 0 Å². The second-order valence-electron chi connectivity index (χ2n) is 5.01. The minimum absolute atomic E-state index is 0.293. The molecule has 0 saturated heterocycles. The molecular formula is C11H23NO. The average molecular weight is 185 g/mol. The fourth-order valence-electron chi connectivity index (χ4n) is 2.26. The summed E-state index contributed by atoms with van der Waals surface area (Å²) in [6.07, 6.45) is 4.84. The molecule has 0 aliphatic heterocycles. The Balaban J connectivity index is 2.35. The summed E-state index contributed by atoms with van der Waals surface area (Å²) in [5, 5.41) is 12.4. The van der Waals surface area contributed by atoms with Crippen LogP contribution >= 0.6 is 0 Å². The van der Waals surface area contributed by atoms with Crippen molar-refractivity contribution in [1.29, 1.82) is 0 Å². The van der Waals surface area contributed by atoms with Crippen LogP contribution in [-0.2, 0) is 0 Å². The highest BCUT2D eigenvalue weighted by Gasteiger charge is 2.34. The van der Waals surface area contributed by atoms with Crippen LogP contribution in [0.25, 0.3) is 0 Å². The number of hydrogen-bond donors (Lipinski definition) is 2. The van der Waals surface area contributed by atoms with Crippen LogP contribution in [0.5, 0.6) is 0 Å². The Morgan fingerprint density at radius 1 is 1.54 bits per heavy atom. The summed E-state index contributed by atoms with van der Waals surface area (Å²) in [4.78, 5) is 0. The highest BCUT2D eigenvalue weighted by atomic mass is 16.3. The number of aliphatic hydroxyl groups is 1. The van der Waals surface area contributed by atoms with Crippen molar-refractivity contribution < 1.29 is 5.11 Å². The molecule has 1 aliphatic rings. The number of aliphatic hydroxyl groups excluding tert-OH is 1. The van der Waals surface area contributed by atoms with Crippen LogP contribution < -0.4 is 5.32 Å². The Morgan fingerprint density at radius 2 is 2.23 bits per heavy atom. The van der Waals surface area contributed by atoms with Crippen molar-refractivity contribution in [3.63, 3.8) is 0 Å². The smallest absolute Gasteiger partial charge is 0.0445 e. The molecule has 13 heavy (non-hydrogen) atoms. The quantitative estimate of drug-likeness (QED) is 0.701. The van der Waals surface area contributed by atoms with Crippen LogP contribution in [0.15, 0.2) is 0 Å². The van der Waals surface area contributed by atoms with Crippen molar-refractivity contribution in [3.8, 4) is 0 Å². The van der Waals surface area contributed by atoms with E-state index in [9.17, 15) is 0 Å². The Kier molecular flexibility index (Phi) is 3.74. The molecule has 0 heterocycles. The minimum atomic E-state index is 0.293. The van der Waals surface area contributed by atoms with Crippen LogP contribution in [0.4, 0.5) is 0 Å². The number of hydrogen-bond acceptors (Lipinski definition) is 2. The molecule has 78 valence electrons. The van der Waals surface area contributed by atoms with Crippen LogP contribution in [0.3, 0.4) is 0 Å². The molecule has 0 spiro atoms. The molecule has 2 N–H and O–H groups in total. The average Bonchev–Trinajstić information content (AvgIpc) is 2.31. The summed E-state index contributed by atoms with van der Waals surface area (Å²) < 4.78 is 0. The topological polar surface area (TPSA) is 32.3 Å². The molecule has 2 atom stereocenters. The van der Waals surface area contributed by atoms with Gasteiger partial charge >= 0.3 is 0 Å². The zero-order chi connectivity index (χ0) is 9.90. The SMILES string of the molecule is C[C@H](CCO)NC1CCCC1(C)C. The monoisotopic (exact) mass is 185 g/mol. The molecule has 0 radical (unpaired) electrons. The summed E-state index contributed by atoms with van der Waals surface area (Å²) in [6.45, 7) is 7.12. The van der Waals surface area contributed by atoms with E-state index < -0.39 is 0 Å². The van der Waals surface area contributed by atoms with Gasteiger partial charge in [0.1, 0.15) is 0 Å². The summed E-state index contributed by atoms with van der Waals surface area (Å²) >= 11 is 0. The second-order valence-corrected chi connectivity index (χ2v) is 5.01. The van der Waals surface area contributed by atoms with Crippen molar-refractivity contribution in [2.75, 3.05) is 6.61 Å². The summed E-state index contributed by atoms with van der Waals surface area (Å²) in [7, 11) is 0. The van der Waals surface area contributed by atoms with Crippen molar-refractivity contribution in [2.45, 2.75) is 58.5 Å². The summed E-state index contributed by atoms with van der Waals surface area (Å²) in [5.74, 6) is 0. The van der Waals surface area contributed by atoms with Crippen molar-refractivity contribution in [3.05, 3.63) is 0 Å². The lowest BCUT2D eigenvalue weighted by Crippen LogP contribution is -2.43. The zero-order valence-electron chi connectivity index (χ0n) is 9.14. The van der Waals surface area contributed by atoms with E-state index >= 15 is 0 Å². The van der Waals surface area contributed by atoms with E-state index in [0.29, 0.717) is 24.1 Å². The third-order valence-electron chi connectivity index (χ3n) is 3.31. The van der Waals surface area contributed by atoms with Gasteiger partial charge in [-0.15, -0.1) is 0 Å². The Labute approximate surface area is 81.7 Å². The normalized spacial score (nSPS) is 29.1. The molecule has 1 saturated carbocycles. The van der Waals surface area contributed by atoms with Crippen molar-refractivity contribution in [1.82, 2.24) is 5.32 Å². The van der Waals surface area contributed by atoms with Crippen LogP contribution in [0.1, 0.15) is 46.5 Å². The molecule has 1 unspecified atom stereocenters. The van der Waals surface area contributed by atoms with Gasteiger partial charge in [0.05, 0.1) is 0 Å². The molecule has 0 amide bonds.